The van der Waals surface area contributed by atoms with Gasteiger partial charge in [-0.3, -0.25) is 4.79 Å². The summed E-state index contributed by atoms with van der Waals surface area (Å²) in [6.45, 7) is 1.91. The van der Waals surface area contributed by atoms with Crippen molar-refractivity contribution in [1.82, 2.24) is 20.6 Å². The molecular formula is C27H32F3N7O3. The SMILES string of the molecule is CNC(=O)OCC1CCN(c2cc(N3CCCC3C(=O)NCCc3ccc(C#N)cc3)nc(C(F)(F)F)n2)CC1. The number of alkyl halides is 3. The van der Waals surface area contributed by atoms with Gasteiger partial charge in [-0.1, -0.05) is 12.1 Å². The molecule has 2 N–H and O–H groups in total. The first-order chi connectivity index (χ1) is 19.2. The van der Waals surface area contributed by atoms with Crippen molar-refractivity contribution < 1.29 is 27.5 Å². The summed E-state index contributed by atoms with van der Waals surface area (Å²) >= 11 is 0. The van der Waals surface area contributed by atoms with Crippen LogP contribution < -0.4 is 20.4 Å². The van der Waals surface area contributed by atoms with E-state index in [0.717, 1.165) is 5.56 Å². The van der Waals surface area contributed by atoms with Crippen LogP contribution >= 0.6 is 0 Å². The molecular weight excluding hydrogens is 527 g/mol. The Morgan fingerprint density at radius 3 is 2.45 bits per heavy atom. The Hall–Kier alpha value is -4.08. The zero-order chi connectivity index (χ0) is 28.7. The van der Waals surface area contributed by atoms with Gasteiger partial charge in [0.25, 0.3) is 0 Å². The molecule has 13 heteroatoms. The molecule has 2 fully saturated rings. The van der Waals surface area contributed by atoms with Gasteiger partial charge in [-0.2, -0.15) is 18.4 Å². The molecule has 3 heterocycles. The molecule has 0 aliphatic carbocycles. The van der Waals surface area contributed by atoms with Gasteiger partial charge in [-0.15, -0.1) is 0 Å². The number of carbonyl (C=O) groups is 2. The number of rotatable bonds is 8. The lowest BCUT2D eigenvalue weighted by molar-refractivity contribution is -0.144. The Bertz CT molecular complexity index is 1230. The molecule has 1 atom stereocenters. The summed E-state index contributed by atoms with van der Waals surface area (Å²) in [4.78, 5) is 35.4. The highest BCUT2D eigenvalue weighted by Crippen LogP contribution is 2.34. The number of amides is 2. The van der Waals surface area contributed by atoms with E-state index < -0.39 is 24.1 Å². The van der Waals surface area contributed by atoms with E-state index in [4.69, 9.17) is 10.00 Å². The lowest BCUT2D eigenvalue weighted by Crippen LogP contribution is -2.44. The summed E-state index contributed by atoms with van der Waals surface area (Å²) in [6, 6.07) is 10.0. The number of hydrogen-bond acceptors (Lipinski definition) is 8. The maximum absolute atomic E-state index is 13.8. The number of benzene rings is 1. The highest BCUT2D eigenvalue weighted by Gasteiger charge is 2.39. The van der Waals surface area contributed by atoms with Crippen LogP contribution in [0.15, 0.2) is 30.3 Å². The van der Waals surface area contributed by atoms with Crippen molar-refractivity contribution in [2.75, 3.05) is 49.6 Å². The van der Waals surface area contributed by atoms with Crippen molar-refractivity contribution in [3.05, 3.63) is 47.3 Å². The molecule has 4 rings (SSSR count). The van der Waals surface area contributed by atoms with Gasteiger partial charge in [-0.05, 0) is 55.7 Å². The summed E-state index contributed by atoms with van der Waals surface area (Å²) in [5, 5.41) is 14.2. The van der Waals surface area contributed by atoms with Gasteiger partial charge in [-0.25, -0.2) is 14.8 Å². The standard InChI is InChI=1S/C27H32F3N7O3/c1-32-26(39)40-17-20-9-13-36(14-10-20)22-15-23(35-25(34-22)27(28,29)30)37-12-2-3-21(37)24(38)33-11-8-18-4-6-19(16-31)7-5-18/h4-7,15,20-21H,2-3,8-14,17H2,1H3,(H,32,39)(H,33,38). The number of piperidine rings is 1. The number of aromatic nitrogens is 2. The van der Waals surface area contributed by atoms with Crippen molar-refractivity contribution in [2.45, 2.75) is 44.3 Å². The molecule has 1 aromatic heterocycles. The zero-order valence-corrected chi connectivity index (χ0v) is 22.2. The van der Waals surface area contributed by atoms with Crippen LogP contribution in [-0.2, 0) is 22.1 Å². The monoisotopic (exact) mass is 559 g/mol. The Labute approximate surface area is 230 Å². The molecule has 2 aromatic rings. The predicted molar refractivity (Wildman–Crippen MR) is 141 cm³/mol. The summed E-state index contributed by atoms with van der Waals surface area (Å²) in [5.74, 6) is -1.16. The Kier molecular flexibility index (Phi) is 9.29. The number of nitrogens with one attached hydrogen (secondary N) is 2. The predicted octanol–water partition coefficient (Wildman–Crippen LogP) is 3.27. The van der Waals surface area contributed by atoms with Crippen molar-refractivity contribution >= 4 is 23.6 Å². The first-order valence-corrected chi connectivity index (χ1v) is 13.3. The largest absolute Gasteiger partial charge is 0.451 e. The van der Waals surface area contributed by atoms with Gasteiger partial charge < -0.3 is 25.2 Å². The third-order valence-corrected chi connectivity index (χ3v) is 7.19. The fraction of sp³-hybridized carbons (Fsp3) is 0.519. The molecule has 1 aromatic carbocycles. The smallest absolute Gasteiger partial charge is 0.449 e. The third kappa shape index (κ3) is 7.31. The zero-order valence-electron chi connectivity index (χ0n) is 22.2. The van der Waals surface area contributed by atoms with E-state index in [-0.39, 0.29) is 30.1 Å². The molecule has 2 aliphatic heterocycles. The summed E-state index contributed by atoms with van der Waals surface area (Å²) in [5.41, 5.74) is 1.51. The number of ether oxygens (including phenoxy) is 1. The quantitative estimate of drug-likeness (QED) is 0.505. The molecule has 0 saturated carbocycles. The average molecular weight is 560 g/mol. The van der Waals surface area contributed by atoms with Crippen LogP contribution in [-0.4, -0.2) is 67.8 Å². The lowest BCUT2D eigenvalue weighted by Gasteiger charge is -2.33. The second-order valence-corrected chi connectivity index (χ2v) is 9.89. The number of alkyl carbamates (subject to hydrolysis) is 1. The van der Waals surface area contributed by atoms with Crippen LogP contribution in [0.1, 0.15) is 42.6 Å². The first-order valence-electron chi connectivity index (χ1n) is 13.3. The highest BCUT2D eigenvalue weighted by atomic mass is 19.4. The summed E-state index contributed by atoms with van der Waals surface area (Å²) < 4.78 is 46.5. The summed E-state index contributed by atoms with van der Waals surface area (Å²) in [6.07, 6.45) is -2.30. The molecule has 10 nitrogen and oxygen atoms in total. The number of nitrogens with zero attached hydrogens (tertiary/aromatic N) is 5. The van der Waals surface area contributed by atoms with E-state index in [1.165, 1.54) is 13.1 Å². The maximum Gasteiger partial charge on any atom is 0.451 e. The Morgan fingerprint density at radius 2 is 1.80 bits per heavy atom. The van der Waals surface area contributed by atoms with Gasteiger partial charge in [0, 0.05) is 39.3 Å². The number of carbonyl (C=O) groups excluding carboxylic acids is 2. The second-order valence-electron chi connectivity index (χ2n) is 9.89. The molecule has 0 spiro atoms. The van der Waals surface area contributed by atoms with Crippen LogP contribution in [0.2, 0.25) is 0 Å². The van der Waals surface area contributed by atoms with Crippen molar-refractivity contribution in [3.8, 4) is 6.07 Å². The van der Waals surface area contributed by atoms with Crippen LogP contribution in [0.5, 0.6) is 0 Å². The van der Waals surface area contributed by atoms with E-state index in [9.17, 15) is 22.8 Å². The number of hydrogen-bond donors (Lipinski definition) is 2. The van der Waals surface area contributed by atoms with Crippen molar-refractivity contribution in [3.63, 3.8) is 0 Å². The van der Waals surface area contributed by atoms with Crippen LogP contribution in [0.25, 0.3) is 0 Å². The number of halogens is 3. The van der Waals surface area contributed by atoms with Gasteiger partial charge in [0.2, 0.25) is 11.7 Å². The molecule has 2 amide bonds. The maximum atomic E-state index is 13.8. The third-order valence-electron chi connectivity index (χ3n) is 7.19. The van der Waals surface area contributed by atoms with Crippen molar-refractivity contribution in [2.24, 2.45) is 5.92 Å². The fourth-order valence-corrected chi connectivity index (χ4v) is 4.96. The lowest BCUT2D eigenvalue weighted by atomic mass is 9.98. The van der Waals surface area contributed by atoms with Crippen LogP contribution in [0, 0.1) is 17.2 Å². The van der Waals surface area contributed by atoms with E-state index in [1.54, 1.807) is 21.9 Å². The van der Waals surface area contributed by atoms with Crippen LogP contribution in [0.3, 0.4) is 0 Å². The number of anilines is 2. The van der Waals surface area contributed by atoms with Crippen molar-refractivity contribution in [1.29, 1.82) is 5.26 Å². The normalized spacial score (nSPS) is 17.8. The minimum absolute atomic E-state index is 0.0761. The Morgan fingerprint density at radius 1 is 1.10 bits per heavy atom. The van der Waals surface area contributed by atoms with E-state index in [1.807, 2.05) is 12.1 Å². The molecule has 214 valence electrons. The number of nitriles is 1. The molecule has 2 saturated heterocycles. The molecule has 2 aliphatic rings. The van der Waals surface area contributed by atoms with E-state index in [0.29, 0.717) is 63.8 Å². The van der Waals surface area contributed by atoms with Gasteiger partial charge in [0.15, 0.2) is 0 Å². The first kappa shape index (κ1) is 28.9. The molecule has 0 radical (unpaired) electrons. The highest BCUT2D eigenvalue weighted by molar-refractivity contribution is 5.85. The Balaban J connectivity index is 1.43. The fourth-order valence-electron chi connectivity index (χ4n) is 4.96. The second kappa shape index (κ2) is 12.8. The summed E-state index contributed by atoms with van der Waals surface area (Å²) in [7, 11) is 1.47. The van der Waals surface area contributed by atoms with Gasteiger partial charge in [0.1, 0.15) is 17.7 Å². The molecule has 0 bridgehead atoms. The minimum atomic E-state index is -4.75. The van der Waals surface area contributed by atoms with Crippen LogP contribution in [0.4, 0.5) is 29.6 Å². The van der Waals surface area contributed by atoms with E-state index in [2.05, 4.69) is 26.7 Å². The molecule has 1 unspecified atom stereocenters. The topological polar surface area (TPSA) is 123 Å². The van der Waals surface area contributed by atoms with Gasteiger partial charge in [0.05, 0.1) is 18.2 Å². The van der Waals surface area contributed by atoms with E-state index >= 15 is 0 Å². The minimum Gasteiger partial charge on any atom is -0.449 e. The average Bonchev–Trinajstić information content (AvgIpc) is 3.46. The van der Waals surface area contributed by atoms with Gasteiger partial charge >= 0.3 is 12.3 Å². The molecule has 40 heavy (non-hydrogen) atoms.